The number of benzene rings is 3. The van der Waals surface area contributed by atoms with Gasteiger partial charge in [-0.3, -0.25) is 9.78 Å². The highest BCUT2D eigenvalue weighted by Crippen LogP contribution is 2.20. The van der Waals surface area contributed by atoms with Gasteiger partial charge in [0.2, 0.25) is 5.95 Å². The van der Waals surface area contributed by atoms with Crippen LogP contribution in [-0.2, 0) is 6.61 Å². The van der Waals surface area contributed by atoms with E-state index < -0.39 is 11.4 Å². The highest BCUT2D eigenvalue weighted by molar-refractivity contribution is 6.30. The summed E-state index contributed by atoms with van der Waals surface area (Å²) < 4.78 is 19.5. The number of hydrogen-bond donors (Lipinski definition) is 2. The number of nitrogens with one attached hydrogen (secondary N) is 2. The number of aromatic nitrogens is 2. The van der Waals surface area contributed by atoms with E-state index >= 15 is 0 Å². The van der Waals surface area contributed by atoms with Crippen molar-refractivity contribution in [1.29, 1.82) is 5.26 Å². The molecule has 1 aromatic heterocycles. The average molecular weight is 474 g/mol. The zero-order valence-corrected chi connectivity index (χ0v) is 18.4. The van der Waals surface area contributed by atoms with Gasteiger partial charge in [-0.05, 0) is 42.0 Å². The molecule has 0 unspecified atom stereocenters. The van der Waals surface area contributed by atoms with Crippen LogP contribution in [0.15, 0.2) is 82.7 Å². The number of H-pyrrole nitrogens is 1. The van der Waals surface area contributed by atoms with Crippen LogP contribution in [0.25, 0.3) is 11.3 Å². The average Bonchev–Trinajstić information content (AvgIpc) is 2.84. The van der Waals surface area contributed by atoms with Gasteiger partial charge in [0, 0.05) is 16.1 Å². The molecule has 168 valence electrons. The van der Waals surface area contributed by atoms with E-state index in [1.165, 1.54) is 12.3 Å². The van der Waals surface area contributed by atoms with Crippen molar-refractivity contribution in [2.75, 3.05) is 5.43 Å². The predicted molar refractivity (Wildman–Crippen MR) is 128 cm³/mol. The molecule has 0 fully saturated rings. The molecular weight excluding hydrogens is 457 g/mol. The van der Waals surface area contributed by atoms with Gasteiger partial charge in [0.25, 0.3) is 5.56 Å². The zero-order valence-electron chi connectivity index (χ0n) is 17.6. The Hall–Kier alpha value is -4.48. The third-order valence-corrected chi connectivity index (χ3v) is 4.99. The molecule has 0 saturated heterocycles. The van der Waals surface area contributed by atoms with Gasteiger partial charge in [0.1, 0.15) is 29.8 Å². The van der Waals surface area contributed by atoms with E-state index in [-0.39, 0.29) is 23.8 Å². The molecule has 0 aliphatic heterocycles. The van der Waals surface area contributed by atoms with E-state index in [4.69, 9.17) is 16.3 Å². The maximum absolute atomic E-state index is 13.9. The number of hydrogen-bond acceptors (Lipinski definition) is 6. The van der Waals surface area contributed by atoms with Crippen molar-refractivity contribution in [3.63, 3.8) is 0 Å². The second-order valence-corrected chi connectivity index (χ2v) is 7.52. The van der Waals surface area contributed by atoms with Crippen molar-refractivity contribution >= 4 is 23.8 Å². The number of rotatable bonds is 7. The first kappa shape index (κ1) is 22.7. The molecule has 0 aliphatic carbocycles. The van der Waals surface area contributed by atoms with Crippen molar-refractivity contribution in [3.8, 4) is 23.1 Å². The SMILES string of the molecule is N#Cc1c(-c2ccccc2)nc(NN=Cc2ccc(OCc3ccc(Cl)cc3F)cc2)[nH]c1=O. The van der Waals surface area contributed by atoms with Gasteiger partial charge in [0.15, 0.2) is 0 Å². The molecule has 0 bridgehead atoms. The van der Waals surface area contributed by atoms with Crippen molar-refractivity contribution in [3.05, 3.63) is 111 Å². The minimum Gasteiger partial charge on any atom is -0.489 e. The second kappa shape index (κ2) is 10.4. The summed E-state index contributed by atoms with van der Waals surface area (Å²) in [4.78, 5) is 19.1. The number of nitrogens with zero attached hydrogens (tertiary/aromatic N) is 3. The molecule has 0 saturated carbocycles. The summed E-state index contributed by atoms with van der Waals surface area (Å²) in [6.45, 7) is 0.0689. The summed E-state index contributed by atoms with van der Waals surface area (Å²) in [6, 6.07) is 22.3. The topological polar surface area (TPSA) is 103 Å². The second-order valence-electron chi connectivity index (χ2n) is 7.08. The van der Waals surface area contributed by atoms with Crippen LogP contribution in [0, 0.1) is 17.1 Å². The van der Waals surface area contributed by atoms with Crippen LogP contribution in [-0.4, -0.2) is 16.2 Å². The van der Waals surface area contributed by atoms with Crippen molar-refractivity contribution < 1.29 is 9.13 Å². The van der Waals surface area contributed by atoms with Gasteiger partial charge in [-0.25, -0.2) is 14.8 Å². The van der Waals surface area contributed by atoms with Crippen LogP contribution in [0.4, 0.5) is 10.3 Å². The summed E-state index contributed by atoms with van der Waals surface area (Å²) in [5.41, 5.74) is 4.10. The maximum atomic E-state index is 13.9. The maximum Gasteiger partial charge on any atom is 0.270 e. The van der Waals surface area contributed by atoms with Gasteiger partial charge in [0.05, 0.1) is 11.9 Å². The van der Waals surface area contributed by atoms with Crippen LogP contribution in [0.2, 0.25) is 5.02 Å². The predicted octanol–water partition coefficient (Wildman–Crippen LogP) is 5.13. The van der Waals surface area contributed by atoms with Crippen molar-refractivity contribution in [1.82, 2.24) is 9.97 Å². The molecule has 0 spiro atoms. The number of halogens is 2. The lowest BCUT2D eigenvalue weighted by Gasteiger charge is -2.08. The van der Waals surface area contributed by atoms with E-state index in [2.05, 4.69) is 20.5 Å². The quantitative estimate of drug-likeness (QED) is 0.286. The molecule has 9 heteroatoms. The molecule has 1 heterocycles. The Morgan fingerprint density at radius 1 is 1.15 bits per heavy atom. The summed E-state index contributed by atoms with van der Waals surface area (Å²) in [5.74, 6) is 0.237. The van der Waals surface area contributed by atoms with Gasteiger partial charge < -0.3 is 4.74 Å². The summed E-state index contributed by atoms with van der Waals surface area (Å²) in [5, 5.41) is 13.8. The van der Waals surface area contributed by atoms with E-state index in [1.807, 2.05) is 12.1 Å². The molecule has 0 aliphatic rings. The lowest BCUT2D eigenvalue weighted by atomic mass is 10.1. The van der Waals surface area contributed by atoms with Crippen LogP contribution < -0.4 is 15.7 Å². The molecule has 7 nitrogen and oxygen atoms in total. The monoisotopic (exact) mass is 473 g/mol. The fraction of sp³-hybridized carbons (Fsp3) is 0.0400. The Bertz CT molecular complexity index is 1430. The molecule has 4 rings (SSSR count). The third kappa shape index (κ3) is 5.46. The first-order chi connectivity index (χ1) is 16.5. The van der Waals surface area contributed by atoms with Crippen LogP contribution >= 0.6 is 11.6 Å². The van der Waals surface area contributed by atoms with Gasteiger partial charge in [-0.2, -0.15) is 10.4 Å². The Morgan fingerprint density at radius 2 is 1.91 bits per heavy atom. The lowest BCUT2D eigenvalue weighted by molar-refractivity contribution is 0.300. The minimum atomic E-state index is -0.562. The first-order valence-electron chi connectivity index (χ1n) is 10.1. The molecule has 0 amide bonds. The highest BCUT2D eigenvalue weighted by atomic mass is 35.5. The Morgan fingerprint density at radius 3 is 2.62 bits per heavy atom. The number of ether oxygens (including phenoxy) is 1. The zero-order chi connectivity index (χ0) is 23.9. The molecule has 2 N–H and O–H groups in total. The standard InChI is InChI=1S/C25H17ClFN5O2/c26-19-9-8-18(22(27)12-19)15-34-20-10-6-16(7-11-20)14-29-32-25-30-23(17-4-2-1-3-5-17)21(13-28)24(33)31-25/h1-12,14H,15H2,(H2,30,31,32,33). The molecule has 34 heavy (non-hydrogen) atoms. The first-order valence-corrected chi connectivity index (χ1v) is 10.5. The smallest absolute Gasteiger partial charge is 0.270 e. The van der Waals surface area contributed by atoms with Crippen LogP contribution in [0.3, 0.4) is 0 Å². The number of hydrazone groups is 1. The number of nitriles is 1. The molecule has 0 radical (unpaired) electrons. The van der Waals surface area contributed by atoms with Crippen LogP contribution in [0.5, 0.6) is 5.75 Å². The number of anilines is 1. The van der Waals surface area contributed by atoms with Gasteiger partial charge in [-0.1, -0.05) is 48.0 Å². The molecule has 4 aromatic rings. The van der Waals surface area contributed by atoms with Crippen molar-refractivity contribution in [2.24, 2.45) is 5.10 Å². The molecule has 0 atom stereocenters. The Balaban J connectivity index is 1.42. The Kier molecular flexibility index (Phi) is 6.96. The Labute approximate surface area is 199 Å². The number of aromatic amines is 1. The van der Waals surface area contributed by atoms with Crippen molar-refractivity contribution in [2.45, 2.75) is 6.61 Å². The molecule has 3 aromatic carbocycles. The van der Waals surface area contributed by atoms with E-state index in [1.54, 1.807) is 60.7 Å². The third-order valence-electron chi connectivity index (χ3n) is 4.75. The van der Waals surface area contributed by atoms with E-state index in [0.717, 1.165) is 5.56 Å². The minimum absolute atomic E-state index is 0.0689. The van der Waals surface area contributed by atoms with Crippen LogP contribution in [0.1, 0.15) is 16.7 Å². The van der Waals surface area contributed by atoms with Gasteiger partial charge >= 0.3 is 0 Å². The normalized spacial score (nSPS) is 10.7. The largest absolute Gasteiger partial charge is 0.489 e. The lowest BCUT2D eigenvalue weighted by Crippen LogP contribution is -2.16. The van der Waals surface area contributed by atoms with E-state index in [0.29, 0.717) is 21.9 Å². The summed E-state index contributed by atoms with van der Waals surface area (Å²) in [7, 11) is 0. The molecular formula is C25H17ClFN5O2. The fourth-order valence-electron chi connectivity index (χ4n) is 3.05. The fourth-order valence-corrected chi connectivity index (χ4v) is 3.21. The summed E-state index contributed by atoms with van der Waals surface area (Å²) >= 11 is 5.76. The van der Waals surface area contributed by atoms with E-state index in [9.17, 15) is 14.4 Å². The highest BCUT2D eigenvalue weighted by Gasteiger charge is 2.12. The van der Waals surface area contributed by atoms with Gasteiger partial charge in [-0.15, -0.1) is 0 Å². The summed E-state index contributed by atoms with van der Waals surface area (Å²) in [6.07, 6.45) is 1.53.